The maximum atomic E-state index is 6.14. The molecule has 3 aromatic heterocycles. The predicted molar refractivity (Wildman–Crippen MR) is 122 cm³/mol. The van der Waals surface area contributed by atoms with Gasteiger partial charge in [-0.2, -0.15) is 0 Å². The van der Waals surface area contributed by atoms with Crippen molar-refractivity contribution >= 4 is 65.6 Å². The number of hydrogen-bond donors (Lipinski definition) is 0. The number of hydrogen-bond acceptors (Lipinski definition) is 3. The third-order valence-corrected chi connectivity index (χ3v) is 6.77. The Bertz CT molecular complexity index is 1700. The number of fused-ring (bicyclic) bond motifs is 9. The van der Waals surface area contributed by atoms with Gasteiger partial charge in [-0.15, -0.1) is 11.3 Å². The third kappa shape index (κ3) is 2.05. The molecule has 0 atom stereocenters. The smallest absolute Gasteiger partial charge is 0.145 e. The lowest BCUT2D eigenvalue weighted by molar-refractivity contribution is 0.616. The van der Waals surface area contributed by atoms with Crippen LogP contribution in [0, 0.1) is 0 Å². The quantitative estimate of drug-likeness (QED) is 0.263. The Labute approximate surface area is 169 Å². The highest BCUT2D eigenvalue weighted by atomic mass is 32.1. The lowest BCUT2D eigenvalue weighted by Crippen LogP contribution is -1.82. The van der Waals surface area contributed by atoms with E-state index in [1.54, 1.807) is 17.6 Å². The van der Waals surface area contributed by atoms with Gasteiger partial charge in [-0.25, -0.2) is 0 Å². The van der Waals surface area contributed by atoms with Crippen molar-refractivity contribution in [1.29, 1.82) is 0 Å². The van der Waals surface area contributed by atoms with E-state index in [-0.39, 0.29) is 0 Å². The van der Waals surface area contributed by atoms with Crippen LogP contribution in [0.25, 0.3) is 64.9 Å². The molecule has 0 unspecified atom stereocenters. The molecule has 0 aliphatic rings. The van der Waals surface area contributed by atoms with Crippen molar-refractivity contribution in [3.8, 4) is 10.6 Å². The highest BCUT2D eigenvalue weighted by Crippen LogP contribution is 2.39. The second kappa shape index (κ2) is 5.49. The molecular weight excluding hydrogens is 376 g/mol. The van der Waals surface area contributed by atoms with E-state index >= 15 is 0 Å². The molecule has 29 heavy (non-hydrogen) atoms. The molecule has 0 fully saturated rings. The average Bonchev–Trinajstić information content (AvgIpc) is 3.52. The third-order valence-electron chi connectivity index (χ3n) is 5.89. The molecule has 3 heterocycles. The zero-order chi connectivity index (χ0) is 18.9. The first-order valence-corrected chi connectivity index (χ1v) is 10.5. The molecule has 7 aromatic rings. The Morgan fingerprint density at radius 1 is 0.552 bits per heavy atom. The van der Waals surface area contributed by atoms with Gasteiger partial charge in [0.05, 0.1) is 11.1 Å². The predicted octanol–water partition coefficient (Wildman–Crippen LogP) is 8.37. The fraction of sp³-hybridized carbons (Fsp3) is 0. The largest absolute Gasteiger partial charge is 0.464 e. The molecule has 0 spiro atoms. The minimum Gasteiger partial charge on any atom is -0.464 e. The molecule has 0 aliphatic carbocycles. The van der Waals surface area contributed by atoms with E-state index in [1.807, 2.05) is 6.07 Å². The minimum absolute atomic E-state index is 0.929. The molecular formula is C26H14O2S. The zero-order valence-electron chi connectivity index (χ0n) is 15.3. The molecule has 0 saturated carbocycles. The van der Waals surface area contributed by atoms with Crippen LogP contribution in [-0.2, 0) is 0 Å². The van der Waals surface area contributed by atoms with Crippen LogP contribution in [0.4, 0.5) is 0 Å². The summed E-state index contributed by atoms with van der Waals surface area (Å²) < 4.78 is 11.7. The van der Waals surface area contributed by atoms with Gasteiger partial charge < -0.3 is 8.83 Å². The molecule has 0 bridgehead atoms. The van der Waals surface area contributed by atoms with Crippen molar-refractivity contribution in [2.45, 2.75) is 0 Å². The van der Waals surface area contributed by atoms with Gasteiger partial charge in [0.25, 0.3) is 0 Å². The summed E-state index contributed by atoms with van der Waals surface area (Å²) >= 11 is 1.70. The van der Waals surface area contributed by atoms with E-state index in [0.717, 1.165) is 32.6 Å². The topological polar surface area (TPSA) is 26.3 Å². The van der Waals surface area contributed by atoms with E-state index in [2.05, 4.69) is 72.1 Å². The summed E-state index contributed by atoms with van der Waals surface area (Å²) in [4.78, 5) is 1.16. The summed E-state index contributed by atoms with van der Waals surface area (Å²) in [5, 5.41) is 11.9. The van der Waals surface area contributed by atoms with Crippen molar-refractivity contribution in [2.75, 3.05) is 0 Å². The summed E-state index contributed by atoms with van der Waals surface area (Å²) in [6.45, 7) is 0. The van der Waals surface area contributed by atoms with Gasteiger partial charge in [0.2, 0.25) is 0 Å². The van der Waals surface area contributed by atoms with Crippen molar-refractivity contribution in [3.63, 3.8) is 0 Å². The first kappa shape index (κ1) is 15.4. The standard InChI is InChI=1S/C26H14O2S/c1-2-26(29-13-1)25-14-22-20-6-4-15-16(18(20)8-10-24(22)28-25)3-5-19-17(15)7-9-23-21(19)11-12-27-23/h1-14H. The van der Waals surface area contributed by atoms with Crippen LogP contribution < -0.4 is 0 Å². The Balaban J connectivity index is 1.58. The summed E-state index contributed by atoms with van der Waals surface area (Å²) in [5.41, 5.74) is 1.86. The van der Waals surface area contributed by atoms with E-state index in [9.17, 15) is 0 Å². The second-order valence-electron chi connectivity index (χ2n) is 7.38. The fourth-order valence-electron chi connectivity index (χ4n) is 4.55. The van der Waals surface area contributed by atoms with Gasteiger partial charge in [0.15, 0.2) is 0 Å². The van der Waals surface area contributed by atoms with E-state index in [0.29, 0.717) is 0 Å². The van der Waals surface area contributed by atoms with E-state index < -0.39 is 0 Å². The SMILES string of the molecule is c1csc(-c2cc3c(ccc4c3ccc3c5ccc6occc6c5ccc43)o2)c1. The van der Waals surface area contributed by atoms with Gasteiger partial charge in [-0.1, -0.05) is 42.5 Å². The van der Waals surface area contributed by atoms with Crippen LogP contribution in [-0.4, -0.2) is 0 Å². The van der Waals surface area contributed by atoms with Gasteiger partial charge in [0.1, 0.15) is 16.9 Å². The van der Waals surface area contributed by atoms with Crippen LogP contribution in [0.5, 0.6) is 0 Å². The van der Waals surface area contributed by atoms with Crippen molar-refractivity contribution < 1.29 is 8.83 Å². The van der Waals surface area contributed by atoms with E-state index in [4.69, 9.17) is 8.83 Å². The lowest BCUT2D eigenvalue weighted by Gasteiger charge is -2.08. The van der Waals surface area contributed by atoms with Gasteiger partial charge in [-0.05, 0) is 68.0 Å². The normalized spacial score (nSPS) is 12.1. The van der Waals surface area contributed by atoms with Gasteiger partial charge >= 0.3 is 0 Å². The molecule has 0 aliphatic heterocycles. The molecule has 136 valence electrons. The highest BCUT2D eigenvalue weighted by molar-refractivity contribution is 7.13. The van der Waals surface area contributed by atoms with Gasteiger partial charge in [-0.3, -0.25) is 0 Å². The Hall–Kier alpha value is -3.56. The molecule has 0 amide bonds. The summed E-state index contributed by atoms with van der Waals surface area (Å²) in [6, 6.07) is 25.8. The zero-order valence-corrected chi connectivity index (χ0v) is 16.1. The van der Waals surface area contributed by atoms with Gasteiger partial charge in [0, 0.05) is 10.8 Å². The molecule has 2 nitrogen and oxygen atoms in total. The fourth-order valence-corrected chi connectivity index (χ4v) is 5.23. The average molecular weight is 390 g/mol. The first-order chi connectivity index (χ1) is 14.4. The van der Waals surface area contributed by atoms with Crippen LogP contribution in [0.1, 0.15) is 0 Å². The van der Waals surface area contributed by atoms with Crippen molar-refractivity contribution in [2.24, 2.45) is 0 Å². The molecule has 7 rings (SSSR count). The number of benzene rings is 4. The Morgan fingerprint density at radius 2 is 1.17 bits per heavy atom. The Kier molecular flexibility index (Phi) is 2.91. The molecule has 4 aromatic carbocycles. The minimum atomic E-state index is 0.929. The van der Waals surface area contributed by atoms with Crippen LogP contribution in [0.3, 0.4) is 0 Å². The van der Waals surface area contributed by atoms with Crippen molar-refractivity contribution in [1.82, 2.24) is 0 Å². The number of thiophene rings is 1. The Morgan fingerprint density at radius 3 is 1.86 bits per heavy atom. The van der Waals surface area contributed by atoms with Crippen LogP contribution >= 0.6 is 11.3 Å². The maximum absolute atomic E-state index is 6.14. The summed E-state index contributed by atoms with van der Waals surface area (Å²) in [6.07, 6.45) is 1.76. The molecule has 3 heteroatoms. The summed E-state index contributed by atoms with van der Waals surface area (Å²) in [5.74, 6) is 0.934. The lowest BCUT2D eigenvalue weighted by atomic mass is 9.95. The number of rotatable bonds is 1. The monoisotopic (exact) mass is 390 g/mol. The second-order valence-corrected chi connectivity index (χ2v) is 8.33. The van der Waals surface area contributed by atoms with E-state index in [1.165, 1.54) is 32.3 Å². The molecule has 0 N–H and O–H groups in total. The highest BCUT2D eigenvalue weighted by Gasteiger charge is 2.13. The van der Waals surface area contributed by atoms with Crippen molar-refractivity contribution in [3.05, 3.63) is 84.4 Å². The van der Waals surface area contributed by atoms with Crippen LogP contribution in [0.2, 0.25) is 0 Å². The first-order valence-electron chi connectivity index (χ1n) is 9.59. The van der Waals surface area contributed by atoms with Crippen LogP contribution in [0.15, 0.2) is 93.3 Å². The molecule has 0 saturated heterocycles. The summed E-state index contributed by atoms with van der Waals surface area (Å²) in [7, 11) is 0. The number of furan rings is 2. The maximum Gasteiger partial charge on any atom is 0.145 e. The molecule has 0 radical (unpaired) electrons.